The van der Waals surface area contributed by atoms with Gasteiger partial charge in [-0.05, 0) is 68.2 Å². The molecule has 2 aromatic carbocycles. The molecular weight excluding hydrogens is 713 g/mol. The highest BCUT2D eigenvalue weighted by molar-refractivity contribution is 7.89. The van der Waals surface area contributed by atoms with E-state index in [9.17, 15) is 18.3 Å². The average molecular weight is 769 g/mol. The molecule has 0 bridgehead atoms. The zero-order chi connectivity index (χ0) is 37.0. The van der Waals surface area contributed by atoms with Gasteiger partial charge in [-0.3, -0.25) is 4.79 Å². The minimum Gasteiger partial charge on any atom is -0.462 e. The lowest BCUT2D eigenvalue weighted by Crippen LogP contribution is -2.43. The van der Waals surface area contributed by atoms with Gasteiger partial charge < -0.3 is 29.5 Å². The van der Waals surface area contributed by atoms with E-state index < -0.39 is 28.0 Å². The van der Waals surface area contributed by atoms with E-state index in [1.807, 2.05) is 44.2 Å². The number of carbonyl (C=O) groups excluding carboxylic acids is 1. The Labute approximate surface area is 318 Å². The number of fused-ring (bicyclic) bond motifs is 2. The molecule has 1 saturated carbocycles. The van der Waals surface area contributed by atoms with Gasteiger partial charge in [0.15, 0.2) is 11.4 Å². The van der Waals surface area contributed by atoms with Crippen molar-refractivity contribution in [2.75, 3.05) is 44.7 Å². The van der Waals surface area contributed by atoms with Crippen LogP contribution in [0.3, 0.4) is 0 Å². The summed E-state index contributed by atoms with van der Waals surface area (Å²) in [6, 6.07) is 15.9. The second-order valence-corrected chi connectivity index (χ2v) is 18.8. The molecule has 290 valence electrons. The molecular formula is C40H56N4O7S2. The molecule has 53 heavy (non-hydrogen) atoms. The number of piperidine rings is 1. The molecule has 4 heterocycles. The molecule has 13 heteroatoms. The van der Waals surface area contributed by atoms with Crippen LogP contribution in [-0.4, -0.2) is 104 Å². The van der Waals surface area contributed by atoms with E-state index in [-0.39, 0.29) is 48.6 Å². The lowest BCUT2D eigenvalue weighted by molar-refractivity contribution is -0.195. The molecule has 1 aliphatic carbocycles. The minimum atomic E-state index is -4.00. The van der Waals surface area contributed by atoms with Gasteiger partial charge in [-0.2, -0.15) is 4.31 Å². The van der Waals surface area contributed by atoms with E-state index >= 15 is 0 Å². The molecule has 4 aliphatic rings. The number of hydrogen-bond acceptors (Lipinski definition) is 11. The van der Waals surface area contributed by atoms with Crippen LogP contribution in [0.2, 0.25) is 0 Å². The number of carbonyl (C=O) groups is 1. The van der Waals surface area contributed by atoms with Gasteiger partial charge >= 0.3 is 5.97 Å². The molecule has 2 N–H and O–H groups in total. The summed E-state index contributed by atoms with van der Waals surface area (Å²) in [6.07, 6.45) is 7.47. The van der Waals surface area contributed by atoms with E-state index in [1.165, 1.54) is 41.3 Å². The van der Waals surface area contributed by atoms with Crippen molar-refractivity contribution in [3.63, 3.8) is 0 Å². The predicted octanol–water partition coefficient (Wildman–Crippen LogP) is 6.07. The monoisotopic (exact) mass is 768 g/mol. The minimum absolute atomic E-state index is 0.000831. The normalized spacial score (nSPS) is 24.5. The van der Waals surface area contributed by atoms with Gasteiger partial charge in [0.25, 0.3) is 0 Å². The number of ether oxygens (including phenoxy) is 3. The number of nitrogens with one attached hydrogen (secondary N) is 1. The molecule has 0 amide bonds. The molecule has 3 aromatic rings. The van der Waals surface area contributed by atoms with Crippen LogP contribution >= 0.6 is 11.3 Å². The Bertz CT molecular complexity index is 1760. The van der Waals surface area contributed by atoms with E-state index in [4.69, 9.17) is 19.2 Å². The van der Waals surface area contributed by atoms with Crippen LogP contribution < -0.4 is 5.32 Å². The maximum atomic E-state index is 14.3. The lowest BCUT2D eigenvalue weighted by Gasteiger charge is -2.36. The highest BCUT2D eigenvalue weighted by atomic mass is 32.2. The third-order valence-electron chi connectivity index (χ3n) is 11.5. The molecule has 4 fully saturated rings. The topological polar surface area (TPSA) is 131 Å². The van der Waals surface area contributed by atoms with Crippen molar-refractivity contribution in [3.8, 4) is 0 Å². The number of benzene rings is 2. The summed E-state index contributed by atoms with van der Waals surface area (Å²) in [6.45, 7) is 7.25. The summed E-state index contributed by atoms with van der Waals surface area (Å²) in [5.74, 6) is -0.958. The Morgan fingerprint density at radius 3 is 2.49 bits per heavy atom. The van der Waals surface area contributed by atoms with Gasteiger partial charge in [0.1, 0.15) is 6.10 Å². The molecule has 11 nitrogen and oxygen atoms in total. The first-order chi connectivity index (χ1) is 25.6. The summed E-state index contributed by atoms with van der Waals surface area (Å²) in [5.41, 5.74) is 1.72. The van der Waals surface area contributed by atoms with Crippen molar-refractivity contribution in [2.45, 2.75) is 114 Å². The van der Waals surface area contributed by atoms with Crippen molar-refractivity contribution in [1.82, 2.24) is 14.2 Å². The average Bonchev–Trinajstić information content (AvgIpc) is 3.93. The van der Waals surface area contributed by atoms with E-state index in [2.05, 4.69) is 10.2 Å². The summed E-state index contributed by atoms with van der Waals surface area (Å²) in [7, 11) is -4.00. The Balaban J connectivity index is 1.03. The molecule has 3 saturated heterocycles. The maximum Gasteiger partial charge on any atom is 0.306 e. The number of sulfonamides is 1. The van der Waals surface area contributed by atoms with E-state index in [0.717, 1.165) is 59.3 Å². The number of hydrogen-bond donors (Lipinski definition) is 2. The predicted molar refractivity (Wildman–Crippen MR) is 206 cm³/mol. The Hall–Kier alpha value is -2.65. The van der Waals surface area contributed by atoms with E-state index in [1.54, 1.807) is 18.2 Å². The number of aliphatic hydroxyl groups is 1. The molecule has 7 rings (SSSR count). The van der Waals surface area contributed by atoms with Crippen molar-refractivity contribution in [1.29, 1.82) is 0 Å². The second-order valence-electron chi connectivity index (χ2n) is 15.9. The summed E-state index contributed by atoms with van der Waals surface area (Å²) < 4.78 is 48.2. The van der Waals surface area contributed by atoms with Crippen molar-refractivity contribution < 1.29 is 32.5 Å². The fourth-order valence-corrected chi connectivity index (χ4v) is 11.3. The first-order valence-corrected chi connectivity index (χ1v) is 21.9. The summed E-state index contributed by atoms with van der Waals surface area (Å²) in [5, 5.41) is 16.3. The van der Waals surface area contributed by atoms with Gasteiger partial charge in [0, 0.05) is 56.5 Å². The van der Waals surface area contributed by atoms with Crippen LogP contribution in [0.5, 0.6) is 0 Å². The van der Waals surface area contributed by atoms with Crippen LogP contribution in [0.4, 0.5) is 5.13 Å². The van der Waals surface area contributed by atoms with Crippen LogP contribution in [0.25, 0.3) is 10.2 Å². The summed E-state index contributed by atoms with van der Waals surface area (Å²) >= 11 is 1.48. The van der Waals surface area contributed by atoms with Crippen LogP contribution in [0, 0.1) is 17.8 Å². The third-order valence-corrected chi connectivity index (χ3v) is 14.3. The van der Waals surface area contributed by atoms with Crippen molar-refractivity contribution in [3.05, 3.63) is 54.1 Å². The SMILES string of the molecule is CC(C)CN(C[C@@H](O)[C@@H](CC(=O)O[C@H]1CCO[C@H]2OCC[C@H]21)Cc1ccccc1)S(=O)(=O)c1ccc2nc(NC3CCN(C4CCCC4)CC3)sc2c1. The number of nitrogens with zero attached hydrogens (tertiary/aromatic N) is 3. The largest absolute Gasteiger partial charge is 0.462 e. The van der Waals surface area contributed by atoms with Crippen LogP contribution in [-0.2, 0) is 35.4 Å². The number of likely N-dealkylation sites (tertiary alicyclic amines) is 1. The fraction of sp³-hybridized carbons (Fsp3) is 0.650. The summed E-state index contributed by atoms with van der Waals surface area (Å²) in [4.78, 5) is 21.1. The highest BCUT2D eigenvalue weighted by Crippen LogP contribution is 2.35. The lowest BCUT2D eigenvalue weighted by atomic mass is 9.90. The molecule has 1 aromatic heterocycles. The highest BCUT2D eigenvalue weighted by Gasteiger charge is 2.41. The molecule has 5 atom stereocenters. The van der Waals surface area contributed by atoms with Crippen molar-refractivity contribution >= 4 is 42.7 Å². The second kappa shape index (κ2) is 17.4. The molecule has 0 unspecified atom stereocenters. The smallest absolute Gasteiger partial charge is 0.306 e. The number of anilines is 1. The van der Waals surface area contributed by atoms with Gasteiger partial charge in [-0.25, -0.2) is 13.4 Å². The fourth-order valence-electron chi connectivity index (χ4n) is 8.63. The number of aliphatic hydroxyl groups excluding tert-OH is 1. The molecule has 0 radical (unpaired) electrons. The van der Waals surface area contributed by atoms with Crippen LogP contribution in [0.15, 0.2) is 53.4 Å². The van der Waals surface area contributed by atoms with Gasteiger partial charge in [-0.1, -0.05) is 68.4 Å². The number of aromatic nitrogens is 1. The third kappa shape index (κ3) is 9.60. The molecule has 0 spiro atoms. The number of rotatable bonds is 15. The van der Waals surface area contributed by atoms with E-state index in [0.29, 0.717) is 32.1 Å². The number of esters is 1. The van der Waals surface area contributed by atoms with Gasteiger partial charge in [-0.15, -0.1) is 0 Å². The van der Waals surface area contributed by atoms with Crippen LogP contribution in [0.1, 0.15) is 77.2 Å². The Morgan fingerprint density at radius 2 is 1.75 bits per heavy atom. The first kappa shape index (κ1) is 38.6. The zero-order valence-corrected chi connectivity index (χ0v) is 32.7. The zero-order valence-electron chi connectivity index (χ0n) is 31.1. The Kier molecular flexibility index (Phi) is 12.7. The number of thiazole rings is 1. The van der Waals surface area contributed by atoms with Gasteiger partial charge in [0.2, 0.25) is 10.0 Å². The first-order valence-electron chi connectivity index (χ1n) is 19.7. The van der Waals surface area contributed by atoms with Crippen molar-refractivity contribution in [2.24, 2.45) is 17.8 Å². The molecule has 3 aliphatic heterocycles. The standard InChI is InChI=1S/C40H56N4O7S2/c1-27(2)25-44(26-35(45)29(22-28-8-4-3-5-9-28)23-38(46)51-36-17-21-50-39-33(36)16-20-49-39)53(47,48)32-12-13-34-37(24-32)52-40(42-34)41-30-14-18-43(19-15-30)31-10-6-7-11-31/h3-5,8-9,12-13,24,27,29-31,33,35-36,39,45H,6-7,10-11,14-23,25-26H2,1-2H3,(H,41,42)/t29-,33+,35-,36+,39-/m1/s1. The quantitative estimate of drug-likeness (QED) is 0.176. The van der Waals surface area contributed by atoms with Gasteiger partial charge in [0.05, 0.1) is 40.9 Å². The maximum absolute atomic E-state index is 14.3. The Morgan fingerprint density at radius 1 is 1.02 bits per heavy atom.